The summed E-state index contributed by atoms with van der Waals surface area (Å²) in [5.74, 6) is 0.0958. The van der Waals surface area contributed by atoms with Gasteiger partial charge in [0.1, 0.15) is 12.7 Å². The molecule has 0 N–H and O–H groups in total. The monoisotopic (exact) mass is 241 g/mol. The summed E-state index contributed by atoms with van der Waals surface area (Å²) in [6.07, 6.45) is 6.98. The molecule has 0 aromatic carbocycles. The summed E-state index contributed by atoms with van der Waals surface area (Å²) in [6.45, 7) is 1.84. The number of aromatic nitrogens is 5. The van der Waals surface area contributed by atoms with Crippen LogP contribution in [0.15, 0.2) is 37.2 Å². The number of rotatable bonds is 3. The van der Waals surface area contributed by atoms with Crippen LogP contribution in [0.4, 0.5) is 0 Å². The van der Waals surface area contributed by atoms with Crippen molar-refractivity contribution in [1.29, 1.82) is 0 Å². The van der Waals surface area contributed by atoms with E-state index < -0.39 is 0 Å². The Bertz CT molecular complexity index is 698. The Morgan fingerprint density at radius 1 is 1.33 bits per heavy atom. The Labute approximate surface area is 103 Å². The van der Waals surface area contributed by atoms with Crippen LogP contribution in [0.25, 0.3) is 11.2 Å². The summed E-state index contributed by atoms with van der Waals surface area (Å²) in [4.78, 5) is 15.6. The molecule has 18 heavy (non-hydrogen) atoms. The van der Waals surface area contributed by atoms with Gasteiger partial charge in [-0.1, -0.05) is 6.92 Å². The van der Waals surface area contributed by atoms with Crippen molar-refractivity contribution in [3.63, 3.8) is 0 Å². The predicted molar refractivity (Wildman–Crippen MR) is 64.7 cm³/mol. The van der Waals surface area contributed by atoms with E-state index in [1.165, 1.54) is 6.33 Å². The Morgan fingerprint density at radius 3 is 2.94 bits per heavy atom. The number of hydrogen-bond donors (Lipinski definition) is 0. The van der Waals surface area contributed by atoms with Crippen LogP contribution in [0.1, 0.15) is 23.7 Å². The highest BCUT2D eigenvalue weighted by molar-refractivity contribution is 6.01. The Morgan fingerprint density at radius 2 is 2.22 bits per heavy atom. The van der Waals surface area contributed by atoms with E-state index >= 15 is 0 Å². The van der Waals surface area contributed by atoms with Crippen LogP contribution in [-0.4, -0.2) is 30.2 Å². The van der Waals surface area contributed by atoms with E-state index in [1.54, 1.807) is 21.7 Å². The lowest BCUT2D eigenvalue weighted by atomic mass is 10.1. The van der Waals surface area contributed by atoms with Crippen molar-refractivity contribution >= 4 is 11.3 Å². The van der Waals surface area contributed by atoms with E-state index in [0.29, 0.717) is 12.0 Å². The second kappa shape index (κ2) is 4.06. The molecule has 3 rings (SSSR count). The van der Waals surface area contributed by atoms with E-state index in [4.69, 9.17) is 0 Å². The molecule has 0 aliphatic heterocycles. The highest BCUT2D eigenvalue weighted by Crippen LogP contribution is 2.15. The molecule has 0 saturated carbocycles. The van der Waals surface area contributed by atoms with Crippen LogP contribution in [0.3, 0.4) is 0 Å². The van der Waals surface area contributed by atoms with Crippen molar-refractivity contribution < 1.29 is 4.79 Å². The van der Waals surface area contributed by atoms with Crippen molar-refractivity contribution in [2.24, 2.45) is 0 Å². The van der Waals surface area contributed by atoms with Crippen molar-refractivity contribution in [2.75, 3.05) is 0 Å². The third-order valence-corrected chi connectivity index (χ3v) is 2.81. The van der Waals surface area contributed by atoms with Crippen molar-refractivity contribution in [1.82, 2.24) is 24.4 Å². The molecule has 0 spiro atoms. The van der Waals surface area contributed by atoms with Gasteiger partial charge in [-0.25, -0.2) is 14.2 Å². The zero-order valence-electron chi connectivity index (χ0n) is 9.82. The van der Waals surface area contributed by atoms with Crippen LogP contribution in [0.2, 0.25) is 0 Å². The first-order chi connectivity index (χ1) is 8.79. The molecule has 0 amide bonds. The molecule has 6 nitrogen and oxygen atoms in total. The minimum absolute atomic E-state index is 0.0958. The number of carbonyl (C=O) groups excluding carboxylic acids is 1. The standard InChI is InChI=1S/C12H11N5O/c1-2-12(18)10-5-14-16-6-9(3-4-11(10)16)17-8-13-7-15-17/h3-8H,2H2,1H3. The van der Waals surface area contributed by atoms with Gasteiger partial charge in [0, 0.05) is 6.42 Å². The molecule has 3 aromatic rings. The van der Waals surface area contributed by atoms with Gasteiger partial charge in [0.2, 0.25) is 0 Å². The largest absolute Gasteiger partial charge is 0.294 e. The fourth-order valence-electron chi connectivity index (χ4n) is 1.86. The maximum absolute atomic E-state index is 11.7. The number of ketones is 1. The third-order valence-electron chi connectivity index (χ3n) is 2.81. The average molecular weight is 241 g/mol. The van der Waals surface area contributed by atoms with Gasteiger partial charge in [0.15, 0.2) is 5.78 Å². The van der Waals surface area contributed by atoms with E-state index in [0.717, 1.165) is 11.2 Å². The molecule has 6 heteroatoms. The molecule has 0 fully saturated rings. The van der Waals surface area contributed by atoms with Crippen molar-refractivity contribution in [3.05, 3.63) is 42.7 Å². The molecule has 3 aromatic heterocycles. The zero-order valence-corrected chi connectivity index (χ0v) is 9.82. The van der Waals surface area contributed by atoms with Crippen molar-refractivity contribution in [2.45, 2.75) is 13.3 Å². The van der Waals surface area contributed by atoms with Crippen LogP contribution >= 0.6 is 0 Å². The molecule has 0 aliphatic carbocycles. The first-order valence-electron chi connectivity index (χ1n) is 5.65. The Hall–Kier alpha value is -2.50. The second-order valence-corrected chi connectivity index (χ2v) is 3.89. The van der Waals surface area contributed by atoms with Crippen LogP contribution < -0.4 is 0 Å². The van der Waals surface area contributed by atoms with Gasteiger partial charge >= 0.3 is 0 Å². The number of fused-ring (bicyclic) bond motifs is 1. The quantitative estimate of drug-likeness (QED) is 0.652. The second-order valence-electron chi connectivity index (χ2n) is 3.89. The van der Waals surface area contributed by atoms with Gasteiger partial charge in [-0.3, -0.25) is 4.79 Å². The molecular weight excluding hydrogens is 230 g/mol. The SMILES string of the molecule is CCC(=O)c1cnn2cc(-n3cncn3)ccc12. The molecule has 0 radical (unpaired) electrons. The minimum atomic E-state index is 0.0958. The average Bonchev–Trinajstić information content (AvgIpc) is 3.06. The maximum atomic E-state index is 11.7. The number of carbonyl (C=O) groups is 1. The molecule has 0 unspecified atom stereocenters. The molecule has 0 saturated heterocycles. The number of nitrogens with zero attached hydrogens (tertiary/aromatic N) is 5. The fourth-order valence-corrected chi connectivity index (χ4v) is 1.86. The Balaban J connectivity index is 2.13. The molecule has 3 heterocycles. The van der Waals surface area contributed by atoms with Gasteiger partial charge in [0.25, 0.3) is 0 Å². The van der Waals surface area contributed by atoms with E-state index in [2.05, 4.69) is 15.2 Å². The summed E-state index contributed by atoms with van der Waals surface area (Å²) in [5, 5.41) is 8.24. The van der Waals surface area contributed by atoms with Crippen LogP contribution in [-0.2, 0) is 0 Å². The third kappa shape index (κ3) is 1.58. The summed E-state index contributed by atoms with van der Waals surface area (Å²) in [7, 11) is 0. The summed E-state index contributed by atoms with van der Waals surface area (Å²) in [6, 6.07) is 3.76. The number of Topliss-reactive ketones (excluding diaryl/α,β-unsaturated/α-hetero) is 1. The summed E-state index contributed by atoms with van der Waals surface area (Å²) >= 11 is 0. The lowest BCUT2D eigenvalue weighted by molar-refractivity contribution is 0.0989. The molecular formula is C12H11N5O. The maximum Gasteiger partial charge on any atom is 0.166 e. The molecule has 0 aliphatic rings. The van der Waals surface area contributed by atoms with E-state index in [-0.39, 0.29) is 5.78 Å². The van der Waals surface area contributed by atoms with E-state index in [1.807, 2.05) is 25.3 Å². The molecule has 90 valence electrons. The molecule has 0 bridgehead atoms. The van der Waals surface area contributed by atoms with Crippen LogP contribution in [0.5, 0.6) is 0 Å². The van der Waals surface area contributed by atoms with Crippen molar-refractivity contribution in [3.8, 4) is 5.69 Å². The number of pyridine rings is 1. The van der Waals surface area contributed by atoms with Gasteiger partial charge in [-0.05, 0) is 12.1 Å². The highest BCUT2D eigenvalue weighted by atomic mass is 16.1. The summed E-state index contributed by atoms with van der Waals surface area (Å²) in [5.41, 5.74) is 2.31. The fraction of sp³-hybridized carbons (Fsp3) is 0.167. The topological polar surface area (TPSA) is 65.1 Å². The van der Waals surface area contributed by atoms with Crippen LogP contribution in [0, 0.1) is 0 Å². The lowest BCUT2D eigenvalue weighted by Crippen LogP contribution is -1.99. The number of hydrogen-bond acceptors (Lipinski definition) is 4. The normalized spacial score (nSPS) is 10.9. The van der Waals surface area contributed by atoms with Gasteiger partial charge in [-0.15, -0.1) is 0 Å². The smallest absolute Gasteiger partial charge is 0.166 e. The van der Waals surface area contributed by atoms with Gasteiger partial charge in [0.05, 0.1) is 29.2 Å². The first kappa shape index (κ1) is 10.6. The van der Waals surface area contributed by atoms with E-state index in [9.17, 15) is 4.79 Å². The first-order valence-corrected chi connectivity index (χ1v) is 5.65. The predicted octanol–water partition coefficient (Wildman–Crippen LogP) is 1.51. The lowest BCUT2D eigenvalue weighted by Gasteiger charge is -2.01. The highest BCUT2D eigenvalue weighted by Gasteiger charge is 2.11. The van der Waals surface area contributed by atoms with Gasteiger partial charge < -0.3 is 0 Å². The Kier molecular flexibility index (Phi) is 2.40. The minimum Gasteiger partial charge on any atom is -0.294 e. The molecule has 0 atom stereocenters. The summed E-state index contributed by atoms with van der Waals surface area (Å²) < 4.78 is 3.32. The zero-order chi connectivity index (χ0) is 12.5. The van der Waals surface area contributed by atoms with Gasteiger partial charge in [-0.2, -0.15) is 10.2 Å².